The Morgan fingerprint density at radius 2 is 1.43 bits per heavy atom. The summed E-state index contributed by atoms with van der Waals surface area (Å²) in [6, 6.07) is 20.3. The molecule has 182 valence electrons. The molecule has 0 aliphatic heterocycles. The fourth-order valence-electron chi connectivity index (χ4n) is 3.25. The van der Waals surface area contributed by atoms with Crippen molar-refractivity contribution < 1.29 is 23.9 Å². The third-order valence-electron chi connectivity index (χ3n) is 5.42. The highest BCUT2D eigenvalue weighted by Crippen LogP contribution is 2.25. The normalized spacial score (nSPS) is 10.4. The zero-order chi connectivity index (χ0) is 25.2. The van der Waals surface area contributed by atoms with Gasteiger partial charge in [-0.25, -0.2) is 0 Å². The van der Waals surface area contributed by atoms with Crippen molar-refractivity contribution in [1.82, 2.24) is 0 Å². The van der Waals surface area contributed by atoms with Crippen molar-refractivity contribution in [2.24, 2.45) is 0 Å². The molecule has 3 aromatic rings. The molecule has 0 spiro atoms. The zero-order valence-electron chi connectivity index (χ0n) is 20.2. The second-order valence-electron chi connectivity index (χ2n) is 8.30. The predicted octanol–water partition coefficient (Wildman–Crippen LogP) is 5.69. The van der Waals surface area contributed by atoms with Crippen molar-refractivity contribution in [3.05, 3.63) is 83.4 Å². The number of carbonyl (C=O) groups excluding carboxylic acids is 3. The van der Waals surface area contributed by atoms with Crippen LogP contribution in [0.2, 0.25) is 0 Å². The number of rotatable bonds is 10. The third kappa shape index (κ3) is 8.30. The lowest BCUT2D eigenvalue weighted by Gasteiger charge is -2.10. The van der Waals surface area contributed by atoms with E-state index in [0.29, 0.717) is 23.5 Å². The van der Waals surface area contributed by atoms with Crippen molar-refractivity contribution in [3.63, 3.8) is 0 Å². The standard InChI is InChI=1S/C28H30N2O5/c1-19-11-14-24(17-21(19)3)35-23-15-12-22(13-16-23)29-26(31)9-6-10-28(33)34-18-27(32)30-25-8-5-4-7-20(25)2/h4-5,7-8,11-17H,6,9-10,18H2,1-3H3,(H,29,31)(H,30,32). The van der Waals surface area contributed by atoms with Gasteiger partial charge in [-0.2, -0.15) is 0 Å². The van der Waals surface area contributed by atoms with Crippen molar-refractivity contribution >= 4 is 29.2 Å². The summed E-state index contributed by atoms with van der Waals surface area (Å²) in [7, 11) is 0. The summed E-state index contributed by atoms with van der Waals surface area (Å²) >= 11 is 0. The molecule has 3 aromatic carbocycles. The summed E-state index contributed by atoms with van der Waals surface area (Å²) in [5.41, 5.74) is 4.59. The summed E-state index contributed by atoms with van der Waals surface area (Å²) in [4.78, 5) is 36.0. The highest BCUT2D eigenvalue weighted by atomic mass is 16.5. The van der Waals surface area contributed by atoms with Gasteiger partial charge in [-0.3, -0.25) is 14.4 Å². The molecule has 0 radical (unpaired) electrons. The summed E-state index contributed by atoms with van der Waals surface area (Å²) in [6.07, 6.45) is 0.525. The van der Waals surface area contributed by atoms with Gasteiger partial charge in [-0.1, -0.05) is 24.3 Å². The molecule has 3 rings (SSSR count). The molecule has 0 saturated carbocycles. The maximum absolute atomic E-state index is 12.2. The first kappa shape index (κ1) is 25.5. The fraction of sp³-hybridized carbons (Fsp3) is 0.250. The molecule has 0 bridgehead atoms. The summed E-state index contributed by atoms with van der Waals surface area (Å²) < 4.78 is 10.8. The fourth-order valence-corrected chi connectivity index (χ4v) is 3.25. The largest absolute Gasteiger partial charge is 0.457 e. The highest BCUT2D eigenvalue weighted by Gasteiger charge is 2.10. The molecule has 0 aromatic heterocycles. The average molecular weight is 475 g/mol. The predicted molar refractivity (Wildman–Crippen MR) is 136 cm³/mol. The second-order valence-corrected chi connectivity index (χ2v) is 8.30. The SMILES string of the molecule is Cc1ccc(Oc2ccc(NC(=O)CCCC(=O)OCC(=O)Nc3ccccc3C)cc2)cc1C. The number of esters is 1. The first-order valence-electron chi connectivity index (χ1n) is 11.5. The number of anilines is 2. The minimum absolute atomic E-state index is 0.0494. The first-order chi connectivity index (χ1) is 16.8. The number of amides is 2. The number of ether oxygens (including phenoxy) is 2. The molecule has 7 heteroatoms. The van der Waals surface area contributed by atoms with E-state index in [4.69, 9.17) is 9.47 Å². The van der Waals surface area contributed by atoms with Gasteiger partial charge in [0.15, 0.2) is 6.61 Å². The lowest BCUT2D eigenvalue weighted by molar-refractivity contribution is -0.147. The van der Waals surface area contributed by atoms with Gasteiger partial charge < -0.3 is 20.1 Å². The molecule has 2 N–H and O–H groups in total. The van der Waals surface area contributed by atoms with Gasteiger partial charge >= 0.3 is 5.97 Å². The molecule has 0 atom stereocenters. The van der Waals surface area contributed by atoms with Gasteiger partial charge in [0.05, 0.1) is 0 Å². The van der Waals surface area contributed by atoms with E-state index in [1.165, 1.54) is 5.56 Å². The van der Waals surface area contributed by atoms with Crippen LogP contribution in [0.1, 0.15) is 36.0 Å². The number of carbonyl (C=O) groups is 3. The third-order valence-corrected chi connectivity index (χ3v) is 5.42. The van der Waals surface area contributed by atoms with Crippen LogP contribution in [-0.4, -0.2) is 24.4 Å². The van der Waals surface area contributed by atoms with Crippen LogP contribution in [0.4, 0.5) is 11.4 Å². The molecule has 35 heavy (non-hydrogen) atoms. The Morgan fingerprint density at radius 3 is 2.14 bits per heavy atom. The number of hydrogen-bond acceptors (Lipinski definition) is 5. The number of nitrogens with one attached hydrogen (secondary N) is 2. The van der Waals surface area contributed by atoms with E-state index >= 15 is 0 Å². The molecule has 0 fully saturated rings. The lowest BCUT2D eigenvalue weighted by Crippen LogP contribution is -2.21. The average Bonchev–Trinajstić information content (AvgIpc) is 2.83. The summed E-state index contributed by atoms with van der Waals surface area (Å²) in [5, 5.41) is 5.50. The van der Waals surface area contributed by atoms with E-state index in [1.807, 2.05) is 57.2 Å². The Hall–Kier alpha value is -4.13. The Labute approximate surface area is 205 Å². The van der Waals surface area contributed by atoms with E-state index in [9.17, 15) is 14.4 Å². The topological polar surface area (TPSA) is 93.7 Å². The number of para-hydroxylation sites is 1. The zero-order valence-corrected chi connectivity index (χ0v) is 20.2. The number of benzene rings is 3. The molecule has 2 amide bonds. The van der Waals surface area contributed by atoms with Crippen molar-refractivity contribution in [3.8, 4) is 11.5 Å². The van der Waals surface area contributed by atoms with E-state index < -0.39 is 11.9 Å². The molecular weight excluding hydrogens is 444 g/mol. The molecular formula is C28H30N2O5. The smallest absolute Gasteiger partial charge is 0.306 e. The summed E-state index contributed by atoms with van der Waals surface area (Å²) in [5.74, 6) is 0.281. The molecule has 0 aliphatic rings. The summed E-state index contributed by atoms with van der Waals surface area (Å²) in [6.45, 7) is 5.59. The first-order valence-corrected chi connectivity index (χ1v) is 11.5. The van der Waals surface area contributed by atoms with Crippen LogP contribution >= 0.6 is 0 Å². The van der Waals surface area contributed by atoms with Gasteiger partial charge in [0.1, 0.15) is 11.5 Å². The Balaban J connectivity index is 1.34. The quantitative estimate of drug-likeness (QED) is 0.368. The number of aryl methyl sites for hydroxylation is 3. The van der Waals surface area contributed by atoms with Crippen molar-refractivity contribution in [1.29, 1.82) is 0 Å². The van der Waals surface area contributed by atoms with E-state index in [-0.39, 0.29) is 25.4 Å². The van der Waals surface area contributed by atoms with Crippen molar-refractivity contribution in [2.45, 2.75) is 40.0 Å². The van der Waals surface area contributed by atoms with Gasteiger partial charge in [0.2, 0.25) is 5.91 Å². The Morgan fingerprint density at radius 1 is 0.714 bits per heavy atom. The van der Waals surface area contributed by atoms with Crippen LogP contribution in [0.3, 0.4) is 0 Å². The second kappa shape index (κ2) is 12.4. The van der Waals surface area contributed by atoms with Gasteiger partial charge in [-0.05, 0) is 86.3 Å². The number of hydrogen-bond donors (Lipinski definition) is 2. The van der Waals surface area contributed by atoms with Crippen LogP contribution < -0.4 is 15.4 Å². The minimum Gasteiger partial charge on any atom is -0.457 e. The maximum Gasteiger partial charge on any atom is 0.306 e. The van der Waals surface area contributed by atoms with Crippen LogP contribution in [0.5, 0.6) is 11.5 Å². The van der Waals surface area contributed by atoms with Crippen LogP contribution in [0.15, 0.2) is 66.7 Å². The van der Waals surface area contributed by atoms with Gasteiger partial charge in [-0.15, -0.1) is 0 Å². The minimum atomic E-state index is -0.523. The van der Waals surface area contributed by atoms with E-state index in [1.54, 1.807) is 30.3 Å². The van der Waals surface area contributed by atoms with Gasteiger partial charge in [0, 0.05) is 24.2 Å². The maximum atomic E-state index is 12.2. The highest BCUT2D eigenvalue weighted by molar-refractivity contribution is 5.93. The van der Waals surface area contributed by atoms with Crippen molar-refractivity contribution in [2.75, 3.05) is 17.2 Å². The Bertz CT molecular complexity index is 1190. The monoisotopic (exact) mass is 474 g/mol. The van der Waals surface area contributed by atoms with Gasteiger partial charge in [0.25, 0.3) is 5.91 Å². The molecule has 0 saturated heterocycles. The van der Waals surface area contributed by atoms with E-state index in [2.05, 4.69) is 10.6 Å². The Kier molecular flexibility index (Phi) is 9.01. The van der Waals surface area contributed by atoms with Crippen LogP contribution in [0.25, 0.3) is 0 Å². The molecule has 0 heterocycles. The molecule has 7 nitrogen and oxygen atoms in total. The lowest BCUT2D eigenvalue weighted by atomic mass is 10.1. The molecule has 0 aliphatic carbocycles. The van der Waals surface area contributed by atoms with Crippen LogP contribution in [0, 0.1) is 20.8 Å². The van der Waals surface area contributed by atoms with Crippen LogP contribution in [-0.2, 0) is 19.1 Å². The molecule has 0 unspecified atom stereocenters. The van der Waals surface area contributed by atoms with E-state index in [0.717, 1.165) is 16.9 Å².